The molecule has 24 heavy (non-hydrogen) atoms. The first-order chi connectivity index (χ1) is 11.3. The molecule has 1 aliphatic heterocycles. The molecule has 0 saturated carbocycles. The van der Waals surface area contributed by atoms with Crippen molar-refractivity contribution in [3.8, 4) is 5.75 Å². The van der Waals surface area contributed by atoms with Gasteiger partial charge in [0, 0.05) is 17.5 Å². The van der Waals surface area contributed by atoms with Crippen LogP contribution < -0.4 is 4.74 Å². The summed E-state index contributed by atoms with van der Waals surface area (Å²) in [7, 11) is 0. The van der Waals surface area contributed by atoms with Gasteiger partial charge in [0.15, 0.2) is 5.78 Å². The van der Waals surface area contributed by atoms with E-state index in [1.165, 1.54) is 6.92 Å². The molecule has 0 bridgehead atoms. The summed E-state index contributed by atoms with van der Waals surface area (Å²) in [6.45, 7) is 8.03. The van der Waals surface area contributed by atoms with Crippen LogP contribution in [-0.2, 0) is 19.7 Å². The highest BCUT2D eigenvalue weighted by atomic mass is 16.5. The Morgan fingerprint density at radius 1 is 1.29 bits per heavy atom. The van der Waals surface area contributed by atoms with Gasteiger partial charge in [-0.3, -0.25) is 14.4 Å². The third-order valence-corrected chi connectivity index (χ3v) is 4.47. The maximum absolute atomic E-state index is 12.6. The quantitative estimate of drug-likeness (QED) is 0.455. The zero-order valence-electron chi connectivity index (χ0n) is 14.7. The van der Waals surface area contributed by atoms with Crippen LogP contribution in [0.1, 0.15) is 56.5 Å². The second kappa shape index (κ2) is 7.16. The summed E-state index contributed by atoms with van der Waals surface area (Å²) in [5.74, 6) is -1.50. The molecule has 0 saturated heterocycles. The summed E-state index contributed by atoms with van der Waals surface area (Å²) in [6.07, 6.45) is 0.699. The highest BCUT2D eigenvalue weighted by molar-refractivity contribution is 6.05. The third kappa shape index (κ3) is 3.83. The molecule has 1 atom stereocenters. The number of ketones is 2. The van der Waals surface area contributed by atoms with Crippen LogP contribution in [0.5, 0.6) is 5.75 Å². The molecule has 1 heterocycles. The molecule has 130 valence electrons. The first-order valence-corrected chi connectivity index (χ1v) is 8.24. The van der Waals surface area contributed by atoms with Crippen molar-refractivity contribution >= 4 is 17.5 Å². The van der Waals surface area contributed by atoms with E-state index < -0.39 is 11.9 Å². The smallest absolute Gasteiger partial charge is 0.316 e. The summed E-state index contributed by atoms with van der Waals surface area (Å²) in [5, 5.41) is 0. The first-order valence-electron chi connectivity index (χ1n) is 8.24. The van der Waals surface area contributed by atoms with Crippen LogP contribution in [0.4, 0.5) is 0 Å². The second-order valence-electron chi connectivity index (χ2n) is 6.74. The molecule has 0 fully saturated rings. The average Bonchev–Trinajstić information content (AvgIpc) is 2.51. The molecule has 1 aliphatic rings. The predicted octanol–water partition coefficient (Wildman–Crippen LogP) is 3.09. The average molecular weight is 332 g/mol. The monoisotopic (exact) mass is 332 g/mol. The SMILES string of the molecule is CCOC(=O)[C@H](CC(=O)c1ccc2c(c1)C(C)(C)CCO2)C(C)=O. The van der Waals surface area contributed by atoms with Crippen molar-refractivity contribution in [1.82, 2.24) is 0 Å². The van der Waals surface area contributed by atoms with Gasteiger partial charge in [0.1, 0.15) is 17.5 Å². The van der Waals surface area contributed by atoms with Crippen LogP contribution in [-0.4, -0.2) is 30.7 Å². The molecule has 0 aromatic heterocycles. The van der Waals surface area contributed by atoms with E-state index in [0.29, 0.717) is 12.2 Å². The van der Waals surface area contributed by atoms with Crippen LogP contribution in [0.3, 0.4) is 0 Å². The zero-order valence-corrected chi connectivity index (χ0v) is 14.7. The number of carbonyl (C=O) groups is 3. The molecule has 0 spiro atoms. The number of rotatable bonds is 6. The van der Waals surface area contributed by atoms with E-state index >= 15 is 0 Å². The van der Waals surface area contributed by atoms with Gasteiger partial charge in [0.25, 0.3) is 0 Å². The molecule has 2 rings (SSSR count). The van der Waals surface area contributed by atoms with Crippen LogP contribution >= 0.6 is 0 Å². The fraction of sp³-hybridized carbons (Fsp3) is 0.526. The number of benzene rings is 1. The van der Waals surface area contributed by atoms with E-state index in [4.69, 9.17) is 9.47 Å². The van der Waals surface area contributed by atoms with E-state index in [9.17, 15) is 14.4 Å². The van der Waals surface area contributed by atoms with Crippen molar-refractivity contribution in [2.24, 2.45) is 5.92 Å². The lowest BCUT2D eigenvalue weighted by Gasteiger charge is -2.32. The van der Waals surface area contributed by atoms with Crippen LogP contribution in [0.2, 0.25) is 0 Å². The Labute approximate surface area is 142 Å². The zero-order chi connectivity index (χ0) is 17.9. The lowest BCUT2D eigenvalue weighted by Crippen LogP contribution is -2.28. The number of Topliss-reactive ketones (excluding diaryl/α,β-unsaturated/α-hetero) is 2. The van der Waals surface area contributed by atoms with Gasteiger partial charge in [-0.25, -0.2) is 0 Å². The summed E-state index contributed by atoms with van der Waals surface area (Å²) >= 11 is 0. The minimum atomic E-state index is -1.04. The number of esters is 1. The molecule has 1 aromatic rings. The van der Waals surface area contributed by atoms with Crippen LogP contribution in [0.25, 0.3) is 0 Å². The van der Waals surface area contributed by atoms with E-state index in [2.05, 4.69) is 13.8 Å². The maximum atomic E-state index is 12.6. The first kappa shape index (κ1) is 18.2. The van der Waals surface area contributed by atoms with E-state index in [-0.39, 0.29) is 30.0 Å². The summed E-state index contributed by atoms with van der Waals surface area (Å²) in [5.41, 5.74) is 1.39. The highest BCUT2D eigenvalue weighted by Crippen LogP contribution is 2.38. The number of fused-ring (bicyclic) bond motifs is 1. The number of hydrogen-bond donors (Lipinski definition) is 0. The Morgan fingerprint density at radius 2 is 2.00 bits per heavy atom. The van der Waals surface area contributed by atoms with E-state index in [1.54, 1.807) is 19.1 Å². The van der Waals surface area contributed by atoms with E-state index in [0.717, 1.165) is 17.7 Å². The van der Waals surface area contributed by atoms with Crippen molar-refractivity contribution < 1.29 is 23.9 Å². The minimum Gasteiger partial charge on any atom is -0.493 e. The molecule has 0 radical (unpaired) electrons. The fourth-order valence-electron chi connectivity index (χ4n) is 2.85. The van der Waals surface area contributed by atoms with Gasteiger partial charge in [0.2, 0.25) is 0 Å². The third-order valence-electron chi connectivity index (χ3n) is 4.47. The molecule has 1 aromatic carbocycles. The van der Waals surface area contributed by atoms with Gasteiger partial charge in [-0.2, -0.15) is 0 Å². The van der Waals surface area contributed by atoms with Gasteiger partial charge >= 0.3 is 5.97 Å². The molecule has 0 N–H and O–H groups in total. The van der Waals surface area contributed by atoms with Crippen molar-refractivity contribution in [2.45, 2.75) is 46.0 Å². The number of ether oxygens (including phenoxy) is 2. The Hall–Kier alpha value is -2.17. The van der Waals surface area contributed by atoms with Gasteiger partial charge in [-0.15, -0.1) is 0 Å². The fourth-order valence-corrected chi connectivity index (χ4v) is 2.85. The van der Waals surface area contributed by atoms with Gasteiger partial charge < -0.3 is 9.47 Å². The highest BCUT2D eigenvalue weighted by Gasteiger charge is 2.31. The molecular formula is C19H24O5. The molecule has 5 nitrogen and oxygen atoms in total. The Bertz CT molecular complexity index is 660. The summed E-state index contributed by atoms with van der Waals surface area (Å²) in [4.78, 5) is 36.1. The molecule has 0 amide bonds. The molecule has 5 heteroatoms. The Kier molecular flexibility index (Phi) is 5.42. The molecular weight excluding hydrogens is 308 g/mol. The second-order valence-corrected chi connectivity index (χ2v) is 6.74. The Morgan fingerprint density at radius 3 is 2.62 bits per heavy atom. The standard InChI is InChI=1S/C19H24O5/c1-5-23-18(22)14(12(2)20)11-16(21)13-6-7-17-15(10-13)19(3,4)8-9-24-17/h6-7,10,14H,5,8-9,11H2,1-4H3/t14-/m1/s1. The Balaban J connectivity index is 2.24. The van der Waals surface area contributed by atoms with Gasteiger partial charge in [-0.05, 0) is 43.9 Å². The van der Waals surface area contributed by atoms with Gasteiger partial charge in [-0.1, -0.05) is 13.8 Å². The number of hydrogen-bond acceptors (Lipinski definition) is 5. The predicted molar refractivity (Wildman–Crippen MR) is 89.3 cm³/mol. The lowest BCUT2D eigenvalue weighted by molar-refractivity contribution is -0.151. The lowest BCUT2D eigenvalue weighted by atomic mass is 9.79. The number of carbonyl (C=O) groups excluding carboxylic acids is 3. The van der Waals surface area contributed by atoms with Crippen molar-refractivity contribution in [3.63, 3.8) is 0 Å². The van der Waals surface area contributed by atoms with Gasteiger partial charge in [0.05, 0.1) is 13.2 Å². The summed E-state index contributed by atoms with van der Waals surface area (Å²) < 4.78 is 10.5. The normalized spacial score (nSPS) is 16.5. The molecule has 0 aliphatic carbocycles. The maximum Gasteiger partial charge on any atom is 0.316 e. The van der Waals surface area contributed by atoms with Crippen molar-refractivity contribution in [3.05, 3.63) is 29.3 Å². The van der Waals surface area contributed by atoms with Crippen molar-refractivity contribution in [2.75, 3.05) is 13.2 Å². The molecule has 0 unspecified atom stereocenters. The largest absolute Gasteiger partial charge is 0.493 e. The van der Waals surface area contributed by atoms with Crippen LogP contribution in [0, 0.1) is 5.92 Å². The topological polar surface area (TPSA) is 69.7 Å². The van der Waals surface area contributed by atoms with E-state index in [1.807, 2.05) is 6.07 Å². The minimum absolute atomic E-state index is 0.0784. The van der Waals surface area contributed by atoms with Crippen LogP contribution in [0.15, 0.2) is 18.2 Å². The summed E-state index contributed by atoms with van der Waals surface area (Å²) in [6, 6.07) is 5.29. The van der Waals surface area contributed by atoms with Crippen molar-refractivity contribution in [1.29, 1.82) is 0 Å².